The summed E-state index contributed by atoms with van der Waals surface area (Å²) in [6.45, 7) is 2.16. The second-order valence-electron chi connectivity index (χ2n) is 5.77. The molecule has 0 saturated carbocycles. The molecule has 1 aromatic heterocycles. The van der Waals surface area contributed by atoms with Crippen LogP contribution in [-0.4, -0.2) is 28.7 Å². The van der Waals surface area contributed by atoms with Gasteiger partial charge in [0, 0.05) is 12.1 Å². The molecular formula is C18H17N3O5. The second-order valence-corrected chi connectivity index (χ2v) is 5.77. The highest BCUT2D eigenvalue weighted by Crippen LogP contribution is 2.30. The summed E-state index contributed by atoms with van der Waals surface area (Å²) in [5.74, 6) is 1.17. The summed E-state index contributed by atoms with van der Waals surface area (Å²) in [5.41, 5.74) is 1.72. The van der Waals surface area contributed by atoms with Crippen molar-refractivity contribution in [1.29, 1.82) is 0 Å². The third-order valence-corrected chi connectivity index (χ3v) is 4.20. The molecular weight excluding hydrogens is 338 g/mol. The van der Waals surface area contributed by atoms with Gasteiger partial charge in [-0.15, -0.1) is 0 Å². The largest absolute Gasteiger partial charge is 0.493 e. The van der Waals surface area contributed by atoms with Crippen LogP contribution in [0.15, 0.2) is 41.5 Å². The van der Waals surface area contributed by atoms with E-state index in [0.29, 0.717) is 17.0 Å². The third-order valence-electron chi connectivity index (χ3n) is 4.20. The number of ether oxygens (including phenoxy) is 2. The van der Waals surface area contributed by atoms with Gasteiger partial charge in [0.2, 0.25) is 0 Å². The summed E-state index contributed by atoms with van der Waals surface area (Å²) in [6.07, 6.45) is 1.44. The van der Waals surface area contributed by atoms with Gasteiger partial charge in [-0.3, -0.25) is 19.5 Å². The van der Waals surface area contributed by atoms with Crippen molar-refractivity contribution in [1.82, 2.24) is 9.55 Å². The van der Waals surface area contributed by atoms with Crippen molar-refractivity contribution < 1.29 is 14.4 Å². The molecule has 0 amide bonds. The van der Waals surface area contributed by atoms with Crippen LogP contribution in [0.1, 0.15) is 11.1 Å². The van der Waals surface area contributed by atoms with Crippen molar-refractivity contribution in [2.75, 3.05) is 14.2 Å². The Bertz CT molecular complexity index is 1060. The molecule has 1 heterocycles. The van der Waals surface area contributed by atoms with Crippen LogP contribution in [0.4, 0.5) is 5.69 Å². The number of methoxy groups -OCH3 is 2. The van der Waals surface area contributed by atoms with Gasteiger partial charge >= 0.3 is 0 Å². The smallest absolute Gasteiger partial charge is 0.270 e. The molecule has 0 unspecified atom stereocenters. The number of non-ortho nitro benzene ring substituents is 1. The lowest BCUT2D eigenvalue weighted by Gasteiger charge is -2.14. The average Bonchev–Trinajstić information content (AvgIpc) is 2.64. The van der Waals surface area contributed by atoms with E-state index in [1.54, 1.807) is 20.3 Å². The molecule has 8 nitrogen and oxygen atoms in total. The van der Waals surface area contributed by atoms with Gasteiger partial charge in [0.05, 0.1) is 42.9 Å². The van der Waals surface area contributed by atoms with Crippen molar-refractivity contribution in [3.05, 3.63) is 68.3 Å². The summed E-state index contributed by atoms with van der Waals surface area (Å²) >= 11 is 0. The van der Waals surface area contributed by atoms with Crippen LogP contribution in [0.2, 0.25) is 0 Å². The van der Waals surface area contributed by atoms with Crippen LogP contribution in [0.25, 0.3) is 10.9 Å². The Morgan fingerprint density at radius 1 is 1.15 bits per heavy atom. The Labute approximate surface area is 148 Å². The fourth-order valence-corrected chi connectivity index (χ4v) is 2.75. The molecule has 0 aliphatic heterocycles. The molecule has 0 spiro atoms. The first-order valence-electron chi connectivity index (χ1n) is 7.79. The Morgan fingerprint density at radius 3 is 2.50 bits per heavy atom. The van der Waals surface area contributed by atoms with E-state index in [-0.39, 0.29) is 23.2 Å². The van der Waals surface area contributed by atoms with Crippen LogP contribution >= 0.6 is 0 Å². The van der Waals surface area contributed by atoms with E-state index in [4.69, 9.17) is 9.47 Å². The molecule has 0 bridgehead atoms. The predicted octanol–water partition coefficient (Wildman–Crippen LogP) is 2.68. The van der Waals surface area contributed by atoms with Gasteiger partial charge in [-0.1, -0.05) is 0 Å². The molecule has 0 N–H and O–H groups in total. The molecule has 3 aromatic rings. The molecule has 8 heteroatoms. The van der Waals surface area contributed by atoms with Crippen LogP contribution in [0.3, 0.4) is 0 Å². The molecule has 0 aliphatic rings. The average molecular weight is 355 g/mol. The van der Waals surface area contributed by atoms with E-state index in [1.807, 2.05) is 13.0 Å². The lowest BCUT2D eigenvalue weighted by atomic mass is 10.1. The highest BCUT2D eigenvalue weighted by atomic mass is 16.6. The maximum absolute atomic E-state index is 12.7. The first kappa shape index (κ1) is 17.4. The van der Waals surface area contributed by atoms with Gasteiger partial charge in [-0.05, 0) is 36.2 Å². The van der Waals surface area contributed by atoms with Gasteiger partial charge in [-0.2, -0.15) is 0 Å². The molecule has 0 saturated heterocycles. The zero-order valence-electron chi connectivity index (χ0n) is 14.6. The standard InChI is InChI=1S/C18H17N3O5/c1-11-6-16(25-2)17(26-3)7-12(11)9-20-10-19-15-5-4-13(21(23)24)8-14(15)18(20)22/h4-8,10H,9H2,1-3H3. The number of aromatic nitrogens is 2. The number of aryl methyl sites for hydroxylation is 1. The summed E-state index contributed by atoms with van der Waals surface area (Å²) in [6, 6.07) is 7.69. The van der Waals surface area contributed by atoms with Crippen LogP contribution in [0, 0.1) is 17.0 Å². The molecule has 3 rings (SSSR count). The van der Waals surface area contributed by atoms with Gasteiger partial charge < -0.3 is 9.47 Å². The van der Waals surface area contributed by atoms with Crippen molar-refractivity contribution in [3.8, 4) is 11.5 Å². The zero-order valence-corrected chi connectivity index (χ0v) is 14.6. The Kier molecular flexibility index (Phi) is 4.57. The summed E-state index contributed by atoms with van der Waals surface area (Å²) in [5, 5.41) is 11.2. The summed E-state index contributed by atoms with van der Waals surface area (Å²) in [4.78, 5) is 27.4. The van der Waals surface area contributed by atoms with Crippen LogP contribution < -0.4 is 15.0 Å². The van der Waals surface area contributed by atoms with E-state index < -0.39 is 4.92 Å². The first-order valence-corrected chi connectivity index (χ1v) is 7.79. The second kappa shape index (κ2) is 6.83. The normalized spacial score (nSPS) is 10.7. The molecule has 0 radical (unpaired) electrons. The third kappa shape index (κ3) is 3.08. The maximum Gasteiger partial charge on any atom is 0.270 e. The zero-order chi connectivity index (χ0) is 18.8. The molecule has 0 aliphatic carbocycles. The SMILES string of the molecule is COc1cc(C)c(Cn2cnc3ccc([N+](=O)[O-])cc3c2=O)cc1OC. The van der Waals surface area contributed by atoms with Crippen molar-refractivity contribution >= 4 is 16.6 Å². The lowest BCUT2D eigenvalue weighted by Crippen LogP contribution is -2.21. The number of hydrogen-bond donors (Lipinski definition) is 0. The van der Waals surface area contributed by atoms with E-state index in [2.05, 4.69) is 4.98 Å². The molecule has 26 heavy (non-hydrogen) atoms. The highest BCUT2D eigenvalue weighted by molar-refractivity contribution is 5.79. The molecule has 134 valence electrons. The number of hydrogen-bond acceptors (Lipinski definition) is 6. The maximum atomic E-state index is 12.7. The quantitative estimate of drug-likeness (QED) is 0.516. The number of nitrogens with zero attached hydrogens (tertiary/aromatic N) is 3. The van der Waals surface area contributed by atoms with Gasteiger partial charge in [-0.25, -0.2) is 4.98 Å². The van der Waals surface area contributed by atoms with Gasteiger partial charge in [0.25, 0.3) is 11.2 Å². The topological polar surface area (TPSA) is 96.5 Å². The number of benzene rings is 2. The van der Waals surface area contributed by atoms with Crippen LogP contribution in [0.5, 0.6) is 11.5 Å². The number of fused-ring (bicyclic) bond motifs is 1. The molecule has 0 fully saturated rings. The summed E-state index contributed by atoms with van der Waals surface area (Å²) in [7, 11) is 3.10. The summed E-state index contributed by atoms with van der Waals surface area (Å²) < 4.78 is 12.0. The minimum Gasteiger partial charge on any atom is -0.493 e. The van der Waals surface area contributed by atoms with Crippen LogP contribution in [-0.2, 0) is 6.54 Å². The highest BCUT2D eigenvalue weighted by Gasteiger charge is 2.13. The first-order chi connectivity index (χ1) is 12.4. The monoisotopic (exact) mass is 355 g/mol. The minimum atomic E-state index is -0.533. The van der Waals surface area contributed by atoms with Crippen molar-refractivity contribution in [2.24, 2.45) is 0 Å². The Balaban J connectivity index is 2.08. The minimum absolute atomic E-state index is 0.142. The van der Waals surface area contributed by atoms with Gasteiger partial charge in [0.15, 0.2) is 11.5 Å². The number of rotatable bonds is 5. The molecule has 0 atom stereocenters. The van der Waals surface area contributed by atoms with E-state index in [0.717, 1.165) is 11.1 Å². The van der Waals surface area contributed by atoms with Crippen molar-refractivity contribution in [3.63, 3.8) is 0 Å². The lowest BCUT2D eigenvalue weighted by molar-refractivity contribution is -0.384. The van der Waals surface area contributed by atoms with E-state index in [1.165, 1.54) is 29.1 Å². The predicted molar refractivity (Wildman–Crippen MR) is 96.0 cm³/mol. The fraction of sp³-hybridized carbons (Fsp3) is 0.222. The van der Waals surface area contributed by atoms with E-state index in [9.17, 15) is 14.9 Å². The van der Waals surface area contributed by atoms with Crippen molar-refractivity contribution in [2.45, 2.75) is 13.5 Å². The number of nitro groups is 1. The van der Waals surface area contributed by atoms with E-state index >= 15 is 0 Å². The Morgan fingerprint density at radius 2 is 1.85 bits per heavy atom. The van der Waals surface area contributed by atoms with Gasteiger partial charge in [0.1, 0.15) is 0 Å². The Hall–Kier alpha value is -3.42. The molecule has 2 aromatic carbocycles. The number of nitro benzene ring substituents is 1. The fourth-order valence-electron chi connectivity index (χ4n) is 2.75.